The molecule has 1 aliphatic heterocycles. The molecule has 1 aliphatic rings. The Kier molecular flexibility index (Phi) is 4.37. The van der Waals surface area contributed by atoms with Crippen LogP contribution in [0.25, 0.3) is 5.69 Å². The molecule has 2 atom stereocenters. The molecule has 26 heavy (non-hydrogen) atoms. The van der Waals surface area contributed by atoms with Crippen LogP contribution in [0.15, 0.2) is 24.5 Å². The molecule has 1 saturated heterocycles. The maximum Gasteiger partial charge on any atom is 0.338 e. The van der Waals surface area contributed by atoms with Crippen molar-refractivity contribution in [3.8, 4) is 11.8 Å². The van der Waals surface area contributed by atoms with E-state index in [1.54, 1.807) is 12.3 Å². The van der Waals surface area contributed by atoms with Crippen molar-refractivity contribution in [2.45, 2.75) is 18.6 Å². The van der Waals surface area contributed by atoms with Gasteiger partial charge >= 0.3 is 5.97 Å². The monoisotopic (exact) mass is 358 g/mol. The van der Waals surface area contributed by atoms with Crippen LogP contribution in [0.4, 0.5) is 5.82 Å². The number of aromatic nitrogens is 4. The van der Waals surface area contributed by atoms with E-state index in [-0.39, 0.29) is 24.7 Å². The van der Waals surface area contributed by atoms with E-state index < -0.39 is 23.6 Å². The van der Waals surface area contributed by atoms with Gasteiger partial charge in [0.1, 0.15) is 6.07 Å². The predicted molar refractivity (Wildman–Crippen MR) is 84.2 cm³/mol. The van der Waals surface area contributed by atoms with E-state index in [9.17, 15) is 14.7 Å². The van der Waals surface area contributed by atoms with Crippen LogP contribution in [0.2, 0.25) is 0 Å². The maximum atomic E-state index is 12.6. The van der Waals surface area contributed by atoms with E-state index in [0.717, 1.165) is 6.92 Å². The molecule has 0 radical (unpaired) electrons. The number of rotatable bonds is 4. The van der Waals surface area contributed by atoms with E-state index in [1.165, 1.54) is 21.8 Å². The average Bonchev–Trinajstić information content (AvgIpc) is 3.11. The summed E-state index contributed by atoms with van der Waals surface area (Å²) >= 11 is 0. The SMILES string of the molecule is CC(O)(C(=O)O)[C@H]1OCCN(c2ccn(-c3cnnc(C#N)c3)n2)C1=O. The molecule has 134 valence electrons. The summed E-state index contributed by atoms with van der Waals surface area (Å²) in [6.45, 7) is 1.20. The average molecular weight is 358 g/mol. The second-order valence-electron chi connectivity index (χ2n) is 5.72. The topological polar surface area (TPSA) is 154 Å². The second-order valence-corrected chi connectivity index (χ2v) is 5.72. The molecule has 1 fully saturated rings. The highest BCUT2D eigenvalue weighted by Crippen LogP contribution is 2.24. The van der Waals surface area contributed by atoms with Crippen LogP contribution < -0.4 is 4.90 Å². The Bertz CT molecular complexity index is 902. The fourth-order valence-corrected chi connectivity index (χ4v) is 2.47. The van der Waals surface area contributed by atoms with Crippen molar-refractivity contribution in [2.75, 3.05) is 18.1 Å². The smallest absolute Gasteiger partial charge is 0.338 e. The Morgan fingerprint density at radius 1 is 1.54 bits per heavy atom. The summed E-state index contributed by atoms with van der Waals surface area (Å²) in [5.41, 5.74) is -1.79. The summed E-state index contributed by atoms with van der Waals surface area (Å²) < 4.78 is 6.58. The highest BCUT2D eigenvalue weighted by Gasteiger charge is 2.49. The molecule has 3 heterocycles. The van der Waals surface area contributed by atoms with Crippen molar-refractivity contribution >= 4 is 17.7 Å². The maximum absolute atomic E-state index is 12.6. The zero-order valence-corrected chi connectivity index (χ0v) is 13.6. The summed E-state index contributed by atoms with van der Waals surface area (Å²) in [5.74, 6) is -2.02. The largest absolute Gasteiger partial charge is 0.479 e. The lowest BCUT2D eigenvalue weighted by molar-refractivity contribution is -0.180. The molecule has 2 N–H and O–H groups in total. The molecule has 0 aliphatic carbocycles. The first-order valence-electron chi connectivity index (χ1n) is 7.52. The van der Waals surface area contributed by atoms with Gasteiger partial charge in [0.15, 0.2) is 23.2 Å². The number of carbonyl (C=O) groups excluding carboxylic acids is 1. The number of ether oxygens (including phenoxy) is 1. The zero-order chi connectivity index (χ0) is 18.9. The number of aliphatic carboxylic acids is 1. The first kappa shape index (κ1) is 17.5. The van der Waals surface area contributed by atoms with Crippen molar-refractivity contribution in [2.24, 2.45) is 0 Å². The van der Waals surface area contributed by atoms with Crippen molar-refractivity contribution in [3.63, 3.8) is 0 Å². The lowest BCUT2D eigenvalue weighted by Crippen LogP contribution is -2.60. The Morgan fingerprint density at radius 2 is 2.31 bits per heavy atom. The number of anilines is 1. The predicted octanol–water partition coefficient (Wildman–Crippen LogP) is -0.899. The van der Waals surface area contributed by atoms with Gasteiger partial charge in [0.05, 0.1) is 25.0 Å². The van der Waals surface area contributed by atoms with Gasteiger partial charge in [-0.3, -0.25) is 9.69 Å². The Hall–Kier alpha value is -3.36. The fourth-order valence-electron chi connectivity index (χ4n) is 2.47. The Labute approximate surface area is 147 Å². The molecule has 1 unspecified atom stereocenters. The van der Waals surface area contributed by atoms with E-state index in [4.69, 9.17) is 15.1 Å². The summed E-state index contributed by atoms with van der Waals surface area (Å²) in [4.78, 5) is 25.0. The standard InChI is InChI=1S/C15H14N6O5/c1-15(25,14(23)24)12-13(22)20(4-5-26-12)11-2-3-21(19-11)10-6-9(7-16)18-17-8-10/h2-3,6,8,12,25H,4-5H2,1H3,(H,23,24)/t12-,15?/m0/s1. The third-order valence-corrected chi connectivity index (χ3v) is 3.90. The second kappa shape index (κ2) is 6.51. The van der Waals surface area contributed by atoms with Crippen LogP contribution >= 0.6 is 0 Å². The van der Waals surface area contributed by atoms with Gasteiger partial charge in [-0.15, -0.1) is 10.2 Å². The molecule has 11 nitrogen and oxygen atoms in total. The van der Waals surface area contributed by atoms with Crippen molar-refractivity contribution in [1.29, 1.82) is 5.26 Å². The van der Waals surface area contributed by atoms with Gasteiger partial charge in [-0.05, 0) is 6.92 Å². The Balaban J connectivity index is 1.88. The fraction of sp³-hybridized carbons (Fsp3) is 0.333. The number of carboxylic acids is 1. The third-order valence-electron chi connectivity index (χ3n) is 3.90. The van der Waals surface area contributed by atoms with Gasteiger partial charge in [-0.1, -0.05) is 0 Å². The van der Waals surface area contributed by atoms with Crippen molar-refractivity contribution in [1.82, 2.24) is 20.0 Å². The highest BCUT2D eigenvalue weighted by atomic mass is 16.5. The van der Waals surface area contributed by atoms with E-state index >= 15 is 0 Å². The molecule has 0 spiro atoms. The van der Waals surface area contributed by atoms with E-state index in [1.807, 2.05) is 6.07 Å². The van der Waals surface area contributed by atoms with Crippen molar-refractivity contribution < 1.29 is 24.5 Å². The summed E-state index contributed by atoms with van der Waals surface area (Å²) in [6, 6.07) is 4.89. The van der Waals surface area contributed by atoms with Gasteiger partial charge in [0.2, 0.25) is 0 Å². The zero-order valence-electron chi connectivity index (χ0n) is 13.6. The van der Waals surface area contributed by atoms with E-state index in [2.05, 4.69) is 15.3 Å². The van der Waals surface area contributed by atoms with Gasteiger partial charge in [0.25, 0.3) is 5.91 Å². The number of amides is 1. The number of morpholine rings is 1. The molecular formula is C15H14N6O5. The summed E-state index contributed by atoms with van der Waals surface area (Å²) in [7, 11) is 0. The molecule has 0 saturated carbocycles. The molecule has 0 aromatic carbocycles. The normalized spacial score (nSPS) is 19.7. The summed E-state index contributed by atoms with van der Waals surface area (Å²) in [5, 5.41) is 39.6. The van der Waals surface area contributed by atoms with Crippen LogP contribution in [0.5, 0.6) is 0 Å². The molecular weight excluding hydrogens is 344 g/mol. The minimum absolute atomic E-state index is 0.0437. The van der Waals surface area contributed by atoms with Crippen LogP contribution in [-0.2, 0) is 14.3 Å². The van der Waals surface area contributed by atoms with Crippen LogP contribution in [0.1, 0.15) is 12.6 Å². The van der Waals surface area contributed by atoms with Crippen molar-refractivity contribution in [3.05, 3.63) is 30.2 Å². The van der Waals surface area contributed by atoms with Gasteiger partial charge in [0, 0.05) is 18.3 Å². The molecule has 3 rings (SSSR count). The quantitative estimate of drug-likeness (QED) is 0.707. The molecule has 0 bridgehead atoms. The number of nitrogens with zero attached hydrogens (tertiary/aromatic N) is 6. The number of hydrogen-bond donors (Lipinski definition) is 2. The van der Waals surface area contributed by atoms with Crippen LogP contribution in [-0.4, -0.2) is 66.9 Å². The number of carbonyl (C=O) groups is 2. The third kappa shape index (κ3) is 2.99. The highest BCUT2D eigenvalue weighted by molar-refractivity contribution is 6.00. The first-order valence-corrected chi connectivity index (χ1v) is 7.52. The molecule has 2 aromatic rings. The molecule has 2 aromatic heterocycles. The number of carboxylic acid groups (broad SMARTS) is 1. The minimum Gasteiger partial charge on any atom is -0.479 e. The van der Waals surface area contributed by atoms with Crippen LogP contribution in [0, 0.1) is 11.3 Å². The summed E-state index contributed by atoms with van der Waals surface area (Å²) in [6.07, 6.45) is 1.41. The minimum atomic E-state index is -2.37. The van der Waals surface area contributed by atoms with E-state index in [0.29, 0.717) is 5.69 Å². The van der Waals surface area contributed by atoms with Crippen LogP contribution in [0.3, 0.4) is 0 Å². The number of aliphatic hydroxyl groups is 1. The van der Waals surface area contributed by atoms with Gasteiger partial charge in [-0.25, -0.2) is 9.48 Å². The molecule has 11 heteroatoms. The first-order chi connectivity index (χ1) is 12.3. The van der Waals surface area contributed by atoms with Gasteiger partial charge in [-0.2, -0.15) is 10.4 Å². The lowest BCUT2D eigenvalue weighted by Gasteiger charge is -2.36. The lowest BCUT2D eigenvalue weighted by atomic mass is 9.97. The van der Waals surface area contributed by atoms with Gasteiger partial charge < -0.3 is 14.9 Å². The Morgan fingerprint density at radius 3 is 3.00 bits per heavy atom. The number of nitriles is 1. The number of hydrogen-bond acceptors (Lipinski definition) is 8. The molecule has 1 amide bonds.